The lowest BCUT2D eigenvalue weighted by molar-refractivity contribution is -0.139. The van der Waals surface area contributed by atoms with E-state index in [0.29, 0.717) is 22.7 Å². The molecule has 0 bridgehead atoms. The summed E-state index contributed by atoms with van der Waals surface area (Å²) in [5.74, 6) is -0.567. The lowest BCUT2D eigenvalue weighted by Crippen LogP contribution is -2.41. The van der Waals surface area contributed by atoms with E-state index in [2.05, 4.69) is 10.6 Å². The fourth-order valence-electron chi connectivity index (χ4n) is 4.29. The number of nitrogens with zero attached hydrogens (tertiary/aromatic N) is 2. The van der Waals surface area contributed by atoms with Crippen LogP contribution in [-0.2, 0) is 32.1 Å². The fourth-order valence-corrected chi connectivity index (χ4v) is 4.29. The highest BCUT2D eigenvalue weighted by molar-refractivity contribution is 5.98. The SMILES string of the molecule is COC(=O)Cc1cccc(NC(=O)NCC(=O)N(Cc2ccccc2)c2cccc(OCC(=O)N(C)c3ccccc3)c2)c1. The highest BCUT2D eigenvalue weighted by Crippen LogP contribution is 2.24. The van der Waals surface area contributed by atoms with Crippen molar-refractivity contribution >= 4 is 40.9 Å². The molecule has 0 aromatic heterocycles. The van der Waals surface area contributed by atoms with Crippen LogP contribution in [0.5, 0.6) is 5.75 Å². The normalized spacial score (nSPS) is 10.3. The van der Waals surface area contributed by atoms with Gasteiger partial charge in [0.05, 0.1) is 26.6 Å². The highest BCUT2D eigenvalue weighted by atomic mass is 16.5. The van der Waals surface area contributed by atoms with E-state index in [1.54, 1.807) is 55.6 Å². The summed E-state index contributed by atoms with van der Waals surface area (Å²) in [4.78, 5) is 53.5. The molecule has 0 aliphatic rings. The maximum Gasteiger partial charge on any atom is 0.319 e. The van der Waals surface area contributed by atoms with E-state index in [4.69, 9.17) is 9.47 Å². The molecule has 0 unspecified atom stereocenters. The Morgan fingerprint density at radius 2 is 1.39 bits per heavy atom. The summed E-state index contributed by atoms with van der Waals surface area (Å²) >= 11 is 0. The van der Waals surface area contributed by atoms with Crippen LogP contribution < -0.4 is 25.2 Å². The fraction of sp³-hybridized carbons (Fsp3) is 0.176. The minimum atomic E-state index is -0.577. The number of likely N-dealkylation sites (N-methyl/N-ethyl adjacent to an activating group) is 1. The predicted molar refractivity (Wildman–Crippen MR) is 169 cm³/mol. The van der Waals surface area contributed by atoms with E-state index in [0.717, 1.165) is 11.3 Å². The number of rotatable bonds is 12. The second-order valence-corrected chi connectivity index (χ2v) is 9.80. The van der Waals surface area contributed by atoms with Crippen LogP contribution >= 0.6 is 0 Å². The Bertz CT molecular complexity index is 1580. The number of esters is 1. The molecule has 44 heavy (non-hydrogen) atoms. The maximum absolute atomic E-state index is 13.5. The molecule has 0 aliphatic heterocycles. The van der Waals surface area contributed by atoms with Gasteiger partial charge in [-0.15, -0.1) is 0 Å². The van der Waals surface area contributed by atoms with Gasteiger partial charge in [0.1, 0.15) is 5.75 Å². The van der Waals surface area contributed by atoms with Crippen LogP contribution in [0.2, 0.25) is 0 Å². The van der Waals surface area contributed by atoms with E-state index in [1.807, 2.05) is 60.7 Å². The second-order valence-electron chi connectivity index (χ2n) is 9.80. The molecule has 0 radical (unpaired) electrons. The zero-order chi connectivity index (χ0) is 31.3. The second kappa shape index (κ2) is 15.5. The highest BCUT2D eigenvalue weighted by Gasteiger charge is 2.19. The van der Waals surface area contributed by atoms with Crippen molar-refractivity contribution < 1.29 is 28.7 Å². The molecule has 0 saturated carbocycles. The first-order valence-corrected chi connectivity index (χ1v) is 13.9. The molecule has 226 valence electrons. The van der Waals surface area contributed by atoms with Crippen molar-refractivity contribution in [2.45, 2.75) is 13.0 Å². The molecule has 4 rings (SSSR count). The monoisotopic (exact) mass is 594 g/mol. The third-order valence-electron chi connectivity index (χ3n) is 6.65. The van der Waals surface area contributed by atoms with Gasteiger partial charge in [0, 0.05) is 30.2 Å². The minimum Gasteiger partial charge on any atom is -0.484 e. The van der Waals surface area contributed by atoms with Crippen molar-refractivity contribution in [3.8, 4) is 5.75 Å². The van der Waals surface area contributed by atoms with E-state index >= 15 is 0 Å². The van der Waals surface area contributed by atoms with Crippen LogP contribution in [-0.4, -0.2) is 51.1 Å². The van der Waals surface area contributed by atoms with Gasteiger partial charge in [-0.25, -0.2) is 4.79 Å². The summed E-state index contributed by atoms with van der Waals surface area (Å²) < 4.78 is 10.5. The average molecular weight is 595 g/mol. The Morgan fingerprint density at radius 1 is 0.727 bits per heavy atom. The molecule has 0 spiro atoms. The summed E-state index contributed by atoms with van der Waals surface area (Å²) in [6.45, 7) is -0.229. The number of methoxy groups -OCH3 is 1. The standard InChI is InChI=1S/C34H34N4O6/c1-37(28-15-7-4-8-16-28)32(40)24-44-30-18-10-17-29(21-30)38(23-25-11-5-3-6-12-25)31(39)22-35-34(42)36-27-14-9-13-26(19-27)20-33(41)43-2/h3-19,21H,20,22-24H2,1-2H3,(H2,35,36,42). The Kier molecular flexibility index (Phi) is 11.1. The van der Waals surface area contributed by atoms with Crippen LogP contribution in [0.3, 0.4) is 0 Å². The first kappa shape index (κ1) is 31.3. The lowest BCUT2D eigenvalue weighted by Gasteiger charge is -2.24. The number of amides is 4. The van der Waals surface area contributed by atoms with Gasteiger partial charge in [-0.1, -0.05) is 66.7 Å². The van der Waals surface area contributed by atoms with Gasteiger partial charge < -0.3 is 29.9 Å². The van der Waals surface area contributed by atoms with Crippen LogP contribution in [0.25, 0.3) is 0 Å². The van der Waals surface area contributed by atoms with E-state index in [9.17, 15) is 19.2 Å². The van der Waals surface area contributed by atoms with E-state index in [-0.39, 0.29) is 37.9 Å². The zero-order valence-corrected chi connectivity index (χ0v) is 24.6. The molecule has 0 aliphatic carbocycles. The Balaban J connectivity index is 1.41. The summed E-state index contributed by atoms with van der Waals surface area (Å²) in [5.41, 5.74) is 3.32. The molecule has 0 heterocycles. The van der Waals surface area contributed by atoms with Crippen LogP contribution in [0.15, 0.2) is 109 Å². The van der Waals surface area contributed by atoms with Gasteiger partial charge in [0.25, 0.3) is 5.91 Å². The zero-order valence-electron chi connectivity index (χ0n) is 24.6. The van der Waals surface area contributed by atoms with Gasteiger partial charge in [-0.3, -0.25) is 14.4 Å². The number of carbonyl (C=O) groups is 4. The molecule has 0 fully saturated rings. The number of carbonyl (C=O) groups excluding carboxylic acids is 4. The van der Waals surface area contributed by atoms with E-state index in [1.165, 1.54) is 16.9 Å². The van der Waals surface area contributed by atoms with Crippen molar-refractivity contribution in [2.24, 2.45) is 0 Å². The molecular weight excluding hydrogens is 560 g/mol. The first-order chi connectivity index (χ1) is 21.3. The first-order valence-electron chi connectivity index (χ1n) is 13.9. The smallest absolute Gasteiger partial charge is 0.319 e. The largest absolute Gasteiger partial charge is 0.484 e. The van der Waals surface area contributed by atoms with Crippen molar-refractivity contribution in [1.82, 2.24) is 5.32 Å². The molecule has 0 atom stereocenters. The molecule has 10 heteroatoms. The van der Waals surface area contributed by atoms with Crippen LogP contribution in [0.1, 0.15) is 11.1 Å². The van der Waals surface area contributed by atoms with Crippen molar-refractivity contribution in [3.63, 3.8) is 0 Å². The maximum atomic E-state index is 13.5. The number of benzene rings is 4. The average Bonchev–Trinajstić information content (AvgIpc) is 3.05. The molecule has 2 N–H and O–H groups in total. The Morgan fingerprint density at radius 3 is 2.11 bits per heavy atom. The molecule has 4 aromatic carbocycles. The molecule has 4 amide bonds. The van der Waals surface area contributed by atoms with Crippen molar-refractivity contribution in [3.05, 3.63) is 120 Å². The van der Waals surface area contributed by atoms with Gasteiger partial charge in [-0.2, -0.15) is 0 Å². The van der Waals surface area contributed by atoms with Gasteiger partial charge in [-0.05, 0) is 47.5 Å². The number of nitrogens with one attached hydrogen (secondary N) is 2. The topological polar surface area (TPSA) is 117 Å². The lowest BCUT2D eigenvalue weighted by atomic mass is 10.1. The number of urea groups is 1. The number of hydrogen-bond donors (Lipinski definition) is 2. The van der Waals surface area contributed by atoms with Crippen molar-refractivity contribution in [2.75, 3.05) is 42.4 Å². The number of anilines is 3. The van der Waals surface area contributed by atoms with Gasteiger partial charge in [0.15, 0.2) is 6.61 Å². The van der Waals surface area contributed by atoms with Gasteiger partial charge >= 0.3 is 12.0 Å². The predicted octanol–water partition coefficient (Wildman–Crippen LogP) is 4.80. The minimum absolute atomic E-state index is 0.0707. The number of hydrogen-bond acceptors (Lipinski definition) is 6. The molecule has 4 aromatic rings. The summed E-state index contributed by atoms with van der Waals surface area (Å²) in [7, 11) is 2.99. The van der Waals surface area contributed by atoms with Crippen molar-refractivity contribution in [1.29, 1.82) is 0 Å². The molecular formula is C34H34N4O6. The quantitative estimate of drug-likeness (QED) is 0.228. The third-order valence-corrected chi connectivity index (χ3v) is 6.65. The van der Waals surface area contributed by atoms with Gasteiger partial charge in [0.2, 0.25) is 5.91 Å². The summed E-state index contributed by atoms with van der Waals surface area (Å²) in [6.07, 6.45) is 0.0707. The molecule has 10 nitrogen and oxygen atoms in total. The summed E-state index contributed by atoms with van der Waals surface area (Å²) in [5, 5.41) is 5.29. The Labute approximate surface area is 256 Å². The third kappa shape index (κ3) is 9.18. The summed E-state index contributed by atoms with van der Waals surface area (Å²) in [6, 6.07) is 31.8. The van der Waals surface area contributed by atoms with E-state index < -0.39 is 12.0 Å². The number of ether oxygens (including phenoxy) is 2. The Hall–Kier alpha value is -5.64. The van der Waals surface area contributed by atoms with Crippen LogP contribution in [0, 0.1) is 0 Å². The van der Waals surface area contributed by atoms with Crippen LogP contribution in [0.4, 0.5) is 21.9 Å². The number of para-hydroxylation sites is 1. The molecule has 0 saturated heterocycles.